The summed E-state index contributed by atoms with van der Waals surface area (Å²) < 4.78 is 2.13. The fourth-order valence-electron chi connectivity index (χ4n) is 3.35. The highest BCUT2D eigenvalue weighted by atomic mass is 79.9. The van der Waals surface area contributed by atoms with Crippen LogP contribution in [-0.4, -0.2) is 36.1 Å². The van der Waals surface area contributed by atoms with Crippen LogP contribution in [0.2, 0.25) is 0 Å². The highest BCUT2D eigenvalue weighted by Gasteiger charge is 2.34. The molecule has 1 fully saturated rings. The van der Waals surface area contributed by atoms with Crippen LogP contribution in [0, 0.1) is 5.92 Å². The summed E-state index contributed by atoms with van der Waals surface area (Å²) >= 11 is 7.23. The van der Waals surface area contributed by atoms with Crippen LogP contribution >= 0.6 is 31.9 Å². The van der Waals surface area contributed by atoms with E-state index in [0.717, 1.165) is 22.0 Å². The first-order valence-corrected chi connectivity index (χ1v) is 9.34. The second-order valence-corrected chi connectivity index (χ2v) is 7.88. The molecule has 0 radical (unpaired) electrons. The topological polar surface area (TPSA) is 28.2 Å². The standard InChI is InChI=1S/C16H25Br2N3/c1-11(2)21-7-5-4-6-12(9-19-3)16(21)15-14(18)8-13(17)10-20-15/h8,10-12,16,19H,4-7,9H2,1-3H3. The van der Waals surface area contributed by atoms with E-state index in [1.807, 2.05) is 13.2 Å². The van der Waals surface area contributed by atoms with E-state index in [2.05, 4.69) is 62.0 Å². The molecular weight excluding hydrogens is 394 g/mol. The van der Waals surface area contributed by atoms with Gasteiger partial charge in [-0.1, -0.05) is 6.42 Å². The van der Waals surface area contributed by atoms with E-state index in [1.54, 1.807) is 0 Å². The van der Waals surface area contributed by atoms with Gasteiger partial charge in [0.25, 0.3) is 0 Å². The zero-order valence-electron chi connectivity index (χ0n) is 13.1. The molecule has 1 N–H and O–H groups in total. The maximum atomic E-state index is 4.75. The van der Waals surface area contributed by atoms with Crippen LogP contribution in [0.5, 0.6) is 0 Å². The predicted octanol–water partition coefficient (Wildman–Crippen LogP) is 4.38. The van der Waals surface area contributed by atoms with Gasteiger partial charge in [-0.3, -0.25) is 9.88 Å². The Balaban J connectivity index is 2.42. The summed E-state index contributed by atoms with van der Waals surface area (Å²) in [6.07, 6.45) is 5.77. The zero-order valence-corrected chi connectivity index (χ0v) is 16.2. The van der Waals surface area contributed by atoms with Gasteiger partial charge in [-0.05, 0) is 90.7 Å². The second kappa shape index (κ2) is 8.04. The molecule has 1 aromatic heterocycles. The van der Waals surface area contributed by atoms with Crippen LogP contribution in [0.3, 0.4) is 0 Å². The van der Waals surface area contributed by atoms with Crippen molar-refractivity contribution in [3.63, 3.8) is 0 Å². The molecule has 5 heteroatoms. The normalized spacial score (nSPS) is 24.3. The van der Waals surface area contributed by atoms with Crippen LogP contribution in [0.4, 0.5) is 0 Å². The van der Waals surface area contributed by atoms with Gasteiger partial charge < -0.3 is 5.32 Å². The molecule has 21 heavy (non-hydrogen) atoms. The molecule has 1 aliphatic rings. The summed E-state index contributed by atoms with van der Waals surface area (Å²) in [5, 5.41) is 3.38. The summed E-state index contributed by atoms with van der Waals surface area (Å²) in [7, 11) is 2.05. The Kier molecular flexibility index (Phi) is 6.66. The summed E-state index contributed by atoms with van der Waals surface area (Å²) in [6.45, 7) is 6.79. The Morgan fingerprint density at radius 2 is 2.14 bits per heavy atom. The Bertz CT molecular complexity index is 465. The lowest BCUT2D eigenvalue weighted by molar-refractivity contribution is 0.115. The summed E-state index contributed by atoms with van der Waals surface area (Å²) in [4.78, 5) is 7.37. The SMILES string of the molecule is CNCC1CCCCN(C(C)C)C1c1ncc(Br)cc1Br. The maximum Gasteiger partial charge on any atom is 0.0721 e. The minimum absolute atomic E-state index is 0.377. The monoisotopic (exact) mass is 417 g/mol. The van der Waals surface area contributed by atoms with Crippen LogP contribution in [0.25, 0.3) is 0 Å². The number of nitrogens with zero attached hydrogens (tertiary/aromatic N) is 2. The van der Waals surface area contributed by atoms with E-state index in [4.69, 9.17) is 4.98 Å². The molecule has 2 heterocycles. The second-order valence-electron chi connectivity index (χ2n) is 6.11. The van der Waals surface area contributed by atoms with Crippen LogP contribution in [0.15, 0.2) is 21.2 Å². The third-order valence-corrected chi connectivity index (χ3v) is 5.36. The lowest BCUT2D eigenvalue weighted by Crippen LogP contribution is -2.40. The average molecular weight is 419 g/mol. The third-order valence-electron chi connectivity index (χ3n) is 4.29. The highest BCUT2D eigenvalue weighted by Crippen LogP contribution is 2.38. The van der Waals surface area contributed by atoms with Crippen LogP contribution in [-0.2, 0) is 0 Å². The minimum Gasteiger partial charge on any atom is -0.319 e. The first kappa shape index (κ1) is 17.4. The molecule has 2 unspecified atom stereocenters. The molecule has 0 bridgehead atoms. The molecule has 0 spiro atoms. The van der Waals surface area contributed by atoms with Crippen molar-refractivity contribution in [2.45, 2.75) is 45.2 Å². The molecule has 0 saturated carbocycles. The molecule has 2 rings (SSSR count). The largest absolute Gasteiger partial charge is 0.319 e. The number of pyridine rings is 1. The minimum atomic E-state index is 0.377. The molecule has 0 aliphatic carbocycles. The van der Waals surface area contributed by atoms with Gasteiger partial charge >= 0.3 is 0 Å². The maximum absolute atomic E-state index is 4.75. The fourth-order valence-corrected chi connectivity index (χ4v) is 4.57. The van der Waals surface area contributed by atoms with Crippen molar-refractivity contribution in [1.82, 2.24) is 15.2 Å². The Labute approximate surface area is 145 Å². The number of nitrogens with one attached hydrogen (secondary N) is 1. The first-order chi connectivity index (χ1) is 10.0. The lowest BCUT2D eigenvalue weighted by Gasteiger charge is -2.38. The van der Waals surface area contributed by atoms with Gasteiger partial charge in [-0.2, -0.15) is 0 Å². The van der Waals surface area contributed by atoms with E-state index in [1.165, 1.54) is 25.0 Å². The number of hydrogen-bond acceptors (Lipinski definition) is 3. The van der Waals surface area contributed by atoms with E-state index in [-0.39, 0.29) is 0 Å². The molecule has 3 nitrogen and oxygen atoms in total. The molecule has 1 aromatic rings. The van der Waals surface area contributed by atoms with Gasteiger partial charge in [0.15, 0.2) is 0 Å². The van der Waals surface area contributed by atoms with Crippen LogP contribution in [0.1, 0.15) is 44.8 Å². The van der Waals surface area contributed by atoms with Crippen molar-refractivity contribution < 1.29 is 0 Å². The van der Waals surface area contributed by atoms with E-state index < -0.39 is 0 Å². The molecular formula is C16H25Br2N3. The van der Waals surface area contributed by atoms with Crippen molar-refractivity contribution in [3.8, 4) is 0 Å². The van der Waals surface area contributed by atoms with Gasteiger partial charge in [0.05, 0.1) is 11.7 Å². The molecule has 0 amide bonds. The molecule has 1 saturated heterocycles. The smallest absolute Gasteiger partial charge is 0.0721 e. The number of hydrogen-bond donors (Lipinski definition) is 1. The predicted molar refractivity (Wildman–Crippen MR) is 95.5 cm³/mol. The van der Waals surface area contributed by atoms with E-state index in [9.17, 15) is 0 Å². The molecule has 0 aromatic carbocycles. The van der Waals surface area contributed by atoms with Crippen LogP contribution < -0.4 is 5.32 Å². The van der Waals surface area contributed by atoms with Gasteiger partial charge in [0.1, 0.15) is 0 Å². The summed E-state index contributed by atoms with van der Waals surface area (Å²) in [5.74, 6) is 0.602. The van der Waals surface area contributed by atoms with E-state index in [0.29, 0.717) is 18.0 Å². The zero-order chi connectivity index (χ0) is 15.4. The highest BCUT2D eigenvalue weighted by molar-refractivity contribution is 9.11. The number of rotatable bonds is 4. The number of aromatic nitrogens is 1. The summed E-state index contributed by atoms with van der Waals surface area (Å²) in [6, 6.07) is 3.02. The van der Waals surface area contributed by atoms with Gasteiger partial charge in [0, 0.05) is 21.2 Å². The quantitative estimate of drug-likeness (QED) is 0.786. The molecule has 118 valence electrons. The lowest BCUT2D eigenvalue weighted by atomic mass is 9.91. The van der Waals surface area contributed by atoms with Crippen molar-refractivity contribution in [2.24, 2.45) is 5.92 Å². The summed E-state index contributed by atoms with van der Waals surface area (Å²) in [5.41, 5.74) is 1.18. The first-order valence-electron chi connectivity index (χ1n) is 7.76. The van der Waals surface area contributed by atoms with Gasteiger partial charge in [-0.15, -0.1) is 0 Å². The van der Waals surface area contributed by atoms with Crippen molar-refractivity contribution in [1.29, 1.82) is 0 Å². The van der Waals surface area contributed by atoms with E-state index >= 15 is 0 Å². The third kappa shape index (κ3) is 4.27. The van der Waals surface area contributed by atoms with Gasteiger partial charge in [0.2, 0.25) is 0 Å². The number of halogens is 2. The Morgan fingerprint density at radius 1 is 1.38 bits per heavy atom. The Hall–Kier alpha value is 0.0300. The molecule has 1 aliphatic heterocycles. The fraction of sp³-hybridized carbons (Fsp3) is 0.688. The average Bonchev–Trinajstić information content (AvgIpc) is 2.62. The Morgan fingerprint density at radius 3 is 2.76 bits per heavy atom. The van der Waals surface area contributed by atoms with Gasteiger partial charge in [-0.25, -0.2) is 0 Å². The molecule has 2 atom stereocenters. The van der Waals surface area contributed by atoms with Crippen molar-refractivity contribution >= 4 is 31.9 Å². The van der Waals surface area contributed by atoms with Crippen molar-refractivity contribution in [2.75, 3.05) is 20.1 Å². The number of likely N-dealkylation sites (tertiary alicyclic amines) is 1. The van der Waals surface area contributed by atoms with Crippen molar-refractivity contribution in [3.05, 3.63) is 26.9 Å².